The first kappa shape index (κ1) is 24.2. The summed E-state index contributed by atoms with van der Waals surface area (Å²) in [4.78, 5) is 25.9. The van der Waals surface area contributed by atoms with Gasteiger partial charge in [0.25, 0.3) is 0 Å². The number of amides is 1. The number of hydrogen-bond acceptors (Lipinski definition) is 9. The Labute approximate surface area is 200 Å². The normalized spacial score (nSPS) is 19.4. The highest BCUT2D eigenvalue weighted by atomic mass is 16.5. The van der Waals surface area contributed by atoms with E-state index >= 15 is 0 Å². The molecule has 3 N–H and O–H groups in total. The van der Waals surface area contributed by atoms with Gasteiger partial charge in [-0.1, -0.05) is 12.1 Å². The number of benzene rings is 1. The highest BCUT2D eigenvalue weighted by Gasteiger charge is 2.26. The molecule has 0 saturated carbocycles. The molecule has 1 aromatic carbocycles. The summed E-state index contributed by atoms with van der Waals surface area (Å²) in [7, 11) is 3.61. The summed E-state index contributed by atoms with van der Waals surface area (Å²) in [6.45, 7) is 5.63. The third kappa shape index (κ3) is 5.75. The Bertz CT molecular complexity index is 997. The van der Waals surface area contributed by atoms with Gasteiger partial charge < -0.3 is 35.0 Å². The zero-order chi connectivity index (χ0) is 24.1. The van der Waals surface area contributed by atoms with Crippen molar-refractivity contribution in [3.8, 4) is 17.1 Å². The molecule has 34 heavy (non-hydrogen) atoms. The molecule has 0 spiro atoms. The first-order valence-corrected chi connectivity index (χ1v) is 11.7. The maximum Gasteiger partial charge on any atom is 0.241 e. The molecule has 2 fully saturated rings. The standard InChI is InChI=1S/C24H34N6O4/c1-16-22(26-18-7-10-33-14-18)27-23(28-24(16)30-9-8-29(3)21(32)13-30)17-5-4-6-20(11-17)34-15-19(31)12-25-2/h4-6,11,18-19,25,31H,7-10,12-15H2,1-3H3,(H,26,27,28)/t18-,19?/m1/s1. The maximum atomic E-state index is 12.4. The number of ether oxygens (including phenoxy) is 2. The second-order valence-electron chi connectivity index (χ2n) is 8.84. The van der Waals surface area contributed by atoms with Crippen LogP contribution in [0.1, 0.15) is 12.0 Å². The van der Waals surface area contributed by atoms with Crippen LogP contribution >= 0.6 is 0 Å². The molecule has 10 nitrogen and oxygen atoms in total. The highest BCUT2D eigenvalue weighted by Crippen LogP contribution is 2.30. The molecule has 10 heteroatoms. The number of hydrogen-bond donors (Lipinski definition) is 3. The number of aromatic nitrogens is 2. The van der Waals surface area contributed by atoms with Gasteiger partial charge in [-0.15, -0.1) is 0 Å². The predicted octanol–water partition coefficient (Wildman–Crippen LogP) is 0.890. The predicted molar refractivity (Wildman–Crippen MR) is 130 cm³/mol. The van der Waals surface area contributed by atoms with Gasteiger partial charge in [-0.25, -0.2) is 9.97 Å². The van der Waals surface area contributed by atoms with E-state index in [1.165, 1.54) is 0 Å². The van der Waals surface area contributed by atoms with E-state index in [-0.39, 0.29) is 25.1 Å². The summed E-state index contributed by atoms with van der Waals surface area (Å²) in [6, 6.07) is 7.72. The fourth-order valence-corrected chi connectivity index (χ4v) is 4.08. The molecule has 1 aromatic heterocycles. The molecule has 2 aliphatic heterocycles. The molecule has 4 rings (SSSR count). The SMILES string of the molecule is CNCC(O)COc1cccc(-c2nc(N[C@@H]3CCOC3)c(C)c(N3CCN(C)C(=O)C3)n2)c1. The van der Waals surface area contributed by atoms with Gasteiger partial charge in [0.1, 0.15) is 30.1 Å². The van der Waals surface area contributed by atoms with E-state index in [2.05, 4.69) is 10.6 Å². The van der Waals surface area contributed by atoms with Crippen molar-refractivity contribution >= 4 is 17.5 Å². The Morgan fingerprint density at radius 2 is 2.18 bits per heavy atom. The molecule has 1 unspecified atom stereocenters. The third-order valence-electron chi connectivity index (χ3n) is 6.12. The number of piperazine rings is 1. The van der Waals surface area contributed by atoms with E-state index in [9.17, 15) is 9.90 Å². The average molecular weight is 471 g/mol. The van der Waals surface area contributed by atoms with Gasteiger partial charge in [-0.05, 0) is 32.5 Å². The summed E-state index contributed by atoms with van der Waals surface area (Å²) in [6.07, 6.45) is 0.314. The van der Waals surface area contributed by atoms with E-state index in [1.54, 1.807) is 11.9 Å². The van der Waals surface area contributed by atoms with Crippen LogP contribution in [0.5, 0.6) is 5.75 Å². The van der Waals surface area contributed by atoms with E-state index in [0.717, 1.165) is 35.8 Å². The van der Waals surface area contributed by atoms with Crippen LogP contribution in [0.2, 0.25) is 0 Å². The van der Waals surface area contributed by atoms with Crippen LogP contribution in [0, 0.1) is 6.92 Å². The fraction of sp³-hybridized carbons (Fsp3) is 0.542. The first-order valence-electron chi connectivity index (χ1n) is 11.7. The van der Waals surface area contributed by atoms with Gasteiger partial charge in [0.15, 0.2) is 5.82 Å². The number of aliphatic hydroxyl groups excluding tert-OH is 1. The van der Waals surface area contributed by atoms with Crippen molar-refractivity contribution in [1.82, 2.24) is 20.2 Å². The topological polar surface area (TPSA) is 112 Å². The molecule has 0 aliphatic carbocycles. The minimum atomic E-state index is -0.602. The summed E-state index contributed by atoms with van der Waals surface area (Å²) in [5.41, 5.74) is 1.71. The Morgan fingerprint density at radius 3 is 2.91 bits per heavy atom. The molecular formula is C24H34N6O4. The molecule has 2 aliphatic rings. The first-order chi connectivity index (χ1) is 16.4. The number of nitrogens with zero attached hydrogens (tertiary/aromatic N) is 4. The van der Waals surface area contributed by atoms with Crippen LogP contribution < -0.4 is 20.3 Å². The quantitative estimate of drug-likeness (QED) is 0.492. The number of likely N-dealkylation sites (N-methyl/N-ethyl adjacent to an activating group) is 2. The summed E-state index contributed by atoms with van der Waals surface area (Å²) in [5.74, 6) is 2.75. The molecule has 0 bridgehead atoms. The van der Waals surface area contributed by atoms with Crippen LogP contribution in [0.25, 0.3) is 11.4 Å². The van der Waals surface area contributed by atoms with E-state index in [4.69, 9.17) is 19.4 Å². The van der Waals surface area contributed by atoms with Gasteiger partial charge in [0.05, 0.1) is 19.2 Å². The highest BCUT2D eigenvalue weighted by molar-refractivity contribution is 5.83. The van der Waals surface area contributed by atoms with Gasteiger partial charge in [-0.3, -0.25) is 4.79 Å². The summed E-state index contributed by atoms with van der Waals surface area (Å²) >= 11 is 0. The van der Waals surface area contributed by atoms with Gasteiger partial charge in [-0.2, -0.15) is 0 Å². The Balaban J connectivity index is 1.64. The number of carbonyl (C=O) groups excluding carboxylic acids is 1. The average Bonchev–Trinajstić information content (AvgIpc) is 3.34. The van der Waals surface area contributed by atoms with Crippen LogP contribution in [-0.2, 0) is 9.53 Å². The monoisotopic (exact) mass is 470 g/mol. The minimum absolute atomic E-state index is 0.0695. The zero-order valence-corrected chi connectivity index (χ0v) is 20.1. The number of nitrogens with one attached hydrogen (secondary N) is 2. The number of rotatable bonds is 9. The summed E-state index contributed by atoms with van der Waals surface area (Å²) in [5, 5.41) is 16.4. The van der Waals surface area contributed by atoms with E-state index in [0.29, 0.717) is 37.8 Å². The molecule has 2 aromatic rings. The molecular weight excluding hydrogens is 436 g/mol. The fourth-order valence-electron chi connectivity index (χ4n) is 4.08. The van der Waals surface area contributed by atoms with E-state index < -0.39 is 6.10 Å². The molecule has 1 amide bonds. The van der Waals surface area contributed by atoms with Crippen molar-refractivity contribution in [2.75, 3.05) is 70.3 Å². The number of aliphatic hydroxyl groups is 1. The van der Waals surface area contributed by atoms with Gasteiger partial charge in [0.2, 0.25) is 5.91 Å². The molecule has 2 saturated heterocycles. The Kier molecular flexibility index (Phi) is 7.81. The smallest absolute Gasteiger partial charge is 0.241 e. The minimum Gasteiger partial charge on any atom is -0.491 e. The molecule has 3 heterocycles. The number of carbonyl (C=O) groups is 1. The maximum absolute atomic E-state index is 12.4. The van der Waals surface area contributed by atoms with Crippen molar-refractivity contribution in [2.45, 2.75) is 25.5 Å². The Hall–Kier alpha value is -2.95. The second kappa shape index (κ2) is 11.0. The van der Waals surface area contributed by atoms with Crippen LogP contribution in [0.15, 0.2) is 24.3 Å². The van der Waals surface area contributed by atoms with Crippen LogP contribution in [0.4, 0.5) is 11.6 Å². The largest absolute Gasteiger partial charge is 0.491 e. The third-order valence-corrected chi connectivity index (χ3v) is 6.12. The second-order valence-corrected chi connectivity index (χ2v) is 8.84. The van der Waals surface area contributed by atoms with E-state index in [1.807, 2.05) is 43.1 Å². The lowest BCUT2D eigenvalue weighted by atomic mass is 10.1. The van der Waals surface area contributed by atoms with Crippen molar-refractivity contribution in [3.63, 3.8) is 0 Å². The molecule has 0 radical (unpaired) electrons. The molecule has 2 atom stereocenters. The zero-order valence-electron chi connectivity index (χ0n) is 20.1. The summed E-state index contributed by atoms with van der Waals surface area (Å²) < 4.78 is 11.3. The van der Waals surface area contributed by atoms with Crippen LogP contribution in [-0.4, -0.2) is 98.1 Å². The lowest BCUT2D eigenvalue weighted by Crippen LogP contribution is -2.49. The van der Waals surface area contributed by atoms with Crippen molar-refractivity contribution < 1.29 is 19.4 Å². The van der Waals surface area contributed by atoms with Gasteiger partial charge in [0, 0.05) is 44.4 Å². The lowest BCUT2D eigenvalue weighted by molar-refractivity contribution is -0.129. The van der Waals surface area contributed by atoms with Crippen molar-refractivity contribution in [2.24, 2.45) is 0 Å². The van der Waals surface area contributed by atoms with Gasteiger partial charge >= 0.3 is 0 Å². The Morgan fingerprint density at radius 1 is 1.32 bits per heavy atom. The number of anilines is 2. The van der Waals surface area contributed by atoms with Crippen molar-refractivity contribution in [1.29, 1.82) is 0 Å². The van der Waals surface area contributed by atoms with Crippen LogP contribution in [0.3, 0.4) is 0 Å². The molecule has 184 valence electrons. The van der Waals surface area contributed by atoms with Crippen molar-refractivity contribution in [3.05, 3.63) is 29.8 Å². The lowest BCUT2D eigenvalue weighted by Gasteiger charge is -2.34.